The number of fused-ring (bicyclic) bond motifs is 2. The maximum absolute atomic E-state index is 13.4. The van der Waals surface area contributed by atoms with Crippen LogP contribution in [-0.2, 0) is 11.3 Å². The molecule has 0 unspecified atom stereocenters. The van der Waals surface area contributed by atoms with Crippen molar-refractivity contribution in [1.82, 2.24) is 4.98 Å². The third kappa shape index (κ3) is 3.89. The second-order valence-electron chi connectivity index (χ2n) is 8.01. The van der Waals surface area contributed by atoms with Crippen molar-refractivity contribution < 1.29 is 13.9 Å². The van der Waals surface area contributed by atoms with Gasteiger partial charge in [-0.15, -0.1) is 0 Å². The molecule has 0 spiro atoms. The molecular weight excluding hydrogens is 414 g/mol. The van der Waals surface area contributed by atoms with Gasteiger partial charge in [-0.1, -0.05) is 60.7 Å². The first-order chi connectivity index (χ1) is 16.0. The SMILES string of the molecule is Cc1ccc2c(COC(=O)c3c(C)c(-c4ccccc4)nc4ccccc34)cc(=O)oc2c1. The summed E-state index contributed by atoms with van der Waals surface area (Å²) in [4.78, 5) is 30.2. The number of esters is 1. The molecule has 0 aliphatic rings. The predicted molar refractivity (Wildman–Crippen MR) is 128 cm³/mol. The minimum absolute atomic E-state index is 0.0409. The van der Waals surface area contributed by atoms with Crippen molar-refractivity contribution in [2.45, 2.75) is 20.5 Å². The number of carbonyl (C=O) groups excluding carboxylic acids is 1. The summed E-state index contributed by atoms with van der Waals surface area (Å²) in [6.45, 7) is 3.77. The van der Waals surface area contributed by atoms with E-state index in [9.17, 15) is 9.59 Å². The highest BCUT2D eigenvalue weighted by molar-refractivity contribution is 6.06. The molecule has 0 radical (unpaired) electrons. The number of hydrogen-bond donors (Lipinski definition) is 0. The van der Waals surface area contributed by atoms with Crippen LogP contribution in [0.3, 0.4) is 0 Å². The summed E-state index contributed by atoms with van der Waals surface area (Å²) in [5, 5.41) is 1.47. The van der Waals surface area contributed by atoms with Crippen molar-refractivity contribution >= 4 is 27.8 Å². The topological polar surface area (TPSA) is 69.4 Å². The Morgan fingerprint density at radius 1 is 0.909 bits per heavy atom. The first-order valence-electron chi connectivity index (χ1n) is 10.7. The third-order valence-electron chi connectivity index (χ3n) is 5.73. The van der Waals surface area contributed by atoms with Crippen LogP contribution in [-0.4, -0.2) is 11.0 Å². The first kappa shape index (κ1) is 20.6. The molecule has 33 heavy (non-hydrogen) atoms. The molecule has 2 aromatic heterocycles. The smallest absolute Gasteiger partial charge is 0.339 e. The maximum atomic E-state index is 13.4. The first-order valence-corrected chi connectivity index (χ1v) is 10.7. The number of para-hydroxylation sites is 1. The van der Waals surface area contributed by atoms with Gasteiger partial charge in [0, 0.05) is 28.0 Å². The van der Waals surface area contributed by atoms with Gasteiger partial charge in [-0.3, -0.25) is 0 Å². The van der Waals surface area contributed by atoms with Crippen LogP contribution in [0.4, 0.5) is 0 Å². The fourth-order valence-corrected chi connectivity index (χ4v) is 4.12. The van der Waals surface area contributed by atoms with E-state index in [-0.39, 0.29) is 6.61 Å². The number of nitrogens with zero attached hydrogens (tertiary/aromatic N) is 1. The highest BCUT2D eigenvalue weighted by Crippen LogP contribution is 2.30. The average Bonchev–Trinajstić information content (AvgIpc) is 2.82. The van der Waals surface area contributed by atoms with E-state index < -0.39 is 11.6 Å². The minimum Gasteiger partial charge on any atom is -0.457 e. The lowest BCUT2D eigenvalue weighted by Crippen LogP contribution is -2.11. The van der Waals surface area contributed by atoms with Crippen molar-refractivity contribution in [3.63, 3.8) is 0 Å². The van der Waals surface area contributed by atoms with E-state index in [0.29, 0.717) is 16.7 Å². The zero-order valence-corrected chi connectivity index (χ0v) is 18.3. The highest BCUT2D eigenvalue weighted by atomic mass is 16.5. The summed E-state index contributed by atoms with van der Waals surface area (Å²) < 4.78 is 11.1. The number of ether oxygens (including phenoxy) is 1. The summed E-state index contributed by atoms with van der Waals surface area (Å²) >= 11 is 0. The van der Waals surface area contributed by atoms with E-state index in [2.05, 4.69) is 0 Å². The summed E-state index contributed by atoms with van der Waals surface area (Å²) in [5.41, 5.74) is 5.19. The lowest BCUT2D eigenvalue weighted by Gasteiger charge is -2.14. The Labute approximate surface area is 190 Å². The van der Waals surface area contributed by atoms with E-state index in [1.807, 2.05) is 80.6 Å². The van der Waals surface area contributed by atoms with Gasteiger partial charge in [-0.2, -0.15) is 0 Å². The summed E-state index contributed by atoms with van der Waals surface area (Å²) in [7, 11) is 0. The molecule has 162 valence electrons. The molecule has 0 fully saturated rings. The van der Waals surface area contributed by atoms with Gasteiger partial charge in [0.2, 0.25) is 0 Å². The van der Waals surface area contributed by atoms with Crippen molar-refractivity contribution in [3.05, 3.63) is 112 Å². The molecule has 0 bridgehead atoms. The molecule has 5 nitrogen and oxygen atoms in total. The van der Waals surface area contributed by atoms with Crippen LogP contribution in [0.5, 0.6) is 0 Å². The number of aromatic nitrogens is 1. The predicted octanol–water partition coefficient (Wildman–Crippen LogP) is 5.98. The van der Waals surface area contributed by atoms with Gasteiger partial charge < -0.3 is 9.15 Å². The molecule has 3 aromatic carbocycles. The van der Waals surface area contributed by atoms with Crippen molar-refractivity contribution in [3.8, 4) is 11.3 Å². The van der Waals surface area contributed by atoms with Gasteiger partial charge in [0.25, 0.3) is 0 Å². The van der Waals surface area contributed by atoms with Crippen molar-refractivity contribution in [1.29, 1.82) is 0 Å². The molecule has 5 aromatic rings. The molecule has 5 heteroatoms. The number of aryl methyl sites for hydroxylation is 1. The Morgan fingerprint density at radius 3 is 2.48 bits per heavy atom. The summed E-state index contributed by atoms with van der Waals surface area (Å²) in [6, 6.07) is 24.3. The fourth-order valence-electron chi connectivity index (χ4n) is 4.12. The van der Waals surface area contributed by atoms with Gasteiger partial charge in [0.15, 0.2) is 0 Å². The van der Waals surface area contributed by atoms with Gasteiger partial charge >= 0.3 is 11.6 Å². The van der Waals surface area contributed by atoms with Crippen LogP contribution in [0, 0.1) is 13.8 Å². The molecule has 0 aliphatic carbocycles. The van der Waals surface area contributed by atoms with E-state index >= 15 is 0 Å². The molecule has 0 amide bonds. The third-order valence-corrected chi connectivity index (χ3v) is 5.73. The standard InChI is InChI=1S/C28H21NO4/c1-17-12-13-21-20(15-25(30)33-24(21)14-17)16-32-28(31)26-18(2)27(19-8-4-3-5-9-19)29-23-11-7-6-10-22(23)26/h3-15H,16H2,1-2H3. The molecule has 0 aliphatic heterocycles. The largest absolute Gasteiger partial charge is 0.457 e. The molecule has 0 N–H and O–H groups in total. The number of pyridine rings is 1. The van der Waals surface area contributed by atoms with Crippen LogP contribution in [0.2, 0.25) is 0 Å². The van der Waals surface area contributed by atoms with Gasteiger partial charge in [-0.05, 0) is 37.1 Å². The molecule has 0 saturated carbocycles. The van der Waals surface area contributed by atoms with E-state index in [1.165, 1.54) is 6.07 Å². The number of hydrogen-bond acceptors (Lipinski definition) is 5. The molecule has 2 heterocycles. The molecule has 0 saturated heterocycles. The Kier molecular flexibility index (Phi) is 5.23. The zero-order chi connectivity index (χ0) is 22.9. The Hall–Kier alpha value is -4.25. The number of carbonyl (C=O) groups is 1. The van der Waals surface area contributed by atoms with E-state index in [0.717, 1.165) is 38.7 Å². The lowest BCUT2D eigenvalue weighted by molar-refractivity contribution is 0.0475. The van der Waals surface area contributed by atoms with E-state index in [4.69, 9.17) is 14.1 Å². The molecule has 0 atom stereocenters. The van der Waals surface area contributed by atoms with Crippen molar-refractivity contribution in [2.75, 3.05) is 0 Å². The van der Waals surface area contributed by atoms with Crippen LogP contribution in [0.25, 0.3) is 33.1 Å². The zero-order valence-electron chi connectivity index (χ0n) is 18.3. The van der Waals surface area contributed by atoms with Crippen LogP contribution in [0.1, 0.15) is 27.0 Å². The maximum Gasteiger partial charge on any atom is 0.339 e. The average molecular weight is 435 g/mol. The number of benzene rings is 3. The monoisotopic (exact) mass is 435 g/mol. The second kappa shape index (κ2) is 8.36. The van der Waals surface area contributed by atoms with Crippen LogP contribution >= 0.6 is 0 Å². The van der Waals surface area contributed by atoms with Gasteiger partial charge in [0.1, 0.15) is 12.2 Å². The Bertz CT molecular complexity index is 1570. The summed E-state index contributed by atoms with van der Waals surface area (Å²) in [6.07, 6.45) is 0. The Balaban J connectivity index is 1.56. The summed E-state index contributed by atoms with van der Waals surface area (Å²) in [5.74, 6) is -0.461. The fraction of sp³-hybridized carbons (Fsp3) is 0.107. The van der Waals surface area contributed by atoms with Gasteiger partial charge in [-0.25, -0.2) is 14.6 Å². The highest BCUT2D eigenvalue weighted by Gasteiger charge is 2.20. The van der Waals surface area contributed by atoms with E-state index in [1.54, 1.807) is 6.07 Å². The molecule has 5 rings (SSSR count). The van der Waals surface area contributed by atoms with Gasteiger partial charge in [0.05, 0.1) is 16.8 Å². The second-order valence-corrected chi connectivity index (χ2v) is 8.01. The molecular formula is C28H21NO4. The van der Waals surface area contributed by atoms with Crippen molar-refractivity contribution in [2.24, 2.45) is 0 Å². The minimum atomic E-state index is -0.476. The quantitative estimate of drug-likeness (QED) is 0.256. The van der Waals surface area contributed by atoms with Crippen LogP contribution < -0.4 is 5.63 Å². The van der Waals surface area contributed by atoms with Crippen LogP contribution in [0.15, 0.2) is 88.1 Å². The number of rotatable bonds is 4. The Morgan fingerprint density at radius 2 is 1.67 bits per heavy atom. The lowest BCUT2D eigenvalue weighted by atomic mass is 9.98. The normalized spacial score (nSPS) is 11.1.